The minimum atomic E-state index is -1.74. The molecule has 1 aromatic carbocycles. The van der Waals surface area contributed by atoms with Crippen LogP contribution in [0.1, 0.15) is 6.92 Å². The van der Waals surface area contributed by atoms with Crippen molar-refractivity contribution in [2.75, 3.05) is 54.0 Å². The summed E-state index contributed by atoms with van der Waals surface area (Å²) >= 11 is 0. The Morgan fingerprint density at radius 3 is 2.26 bits per heavy atom. The summed E-state index contributed by atoms with van der Waals surface area (Å²) in [5.41, 5.74) is -0.386. The molecule has 2 aliphatic heterocycles. The summed E-state index contributed by atoms with van der Waals surface area (Å²) in [4.78, 5) is 29.7. The molecule has 0 saturated carbocycles. The smallest absolute Gasteiger partial charge is 0.414 e. The van der Waals surface area contributed by atoms with E-state index in [4.69, 9.17) is 4.74 Å². The van der Waals surface area contributed by atoms with E-state index >= 15 is 0 Å². The van der Waals surface area contributed by atoms with Crippen LogP contribution in [-0.4, -0.2) is 62.4 Å². The number of anilines is 3. The Labute approximate surface area is 190 Å². The van der Waals surface area contributed by atoms with Gasteiger partial charge < -0.3 is 19.9 Å². The second-order valence-corrected chi connectivity index (χ2v) is 7.83. The Kier molecular flexibility index (Phi) is 6.44. The number of hydrogen-bond donors (Lipinski definition) is 1. The minimum Gasteiger partial charge on any atom is -0.442 e. The number of nitrogens with zero attached hydrogens (tertiary/aromatic N) is 4. The van der Waals surface area contributed by atoms with E-state index in [1.807, 2.05) is 0 Å². The zero-order chi connectivity index (χ0) is 24.6. The number of amides is 2. The standard InChI is InChI=1S/C21H20F5N5O3/c1-11(32)27-9-13-10-31(21(33)34-13)12-2-3-15(14(22)8-12)29-4-6-30(7-5-29)18-16(23)19(25)28-20(26)17(18)24/h2-3,8,13H,4-7,9-10H2,1H3,(H,27,32)/t13-/m0/s1. The summed E-state index contributed by atoms with van der Waals surface area (Å²) in [6.45, 7) is 1.78. The number of cyclic esters (lactones) is 1. The SMILES string of the molecule is CC(=O)NC[C@H]1CN(c2ccc(N3CCN(c4c(F)c(F)nc(F)c4F)CC3)c(F)c2)C(=O)O1. The van der Waals surface area contributed by atoms with Gasteiger partial charge in [-0.25, -0.2) is 9.18 Å². The van der Waals surface area contributed by atoms with Crippen LogP contribution in [0, 0.1) is 29.3 Å². The Bertz CT molecular complexity index is 1100. The third-order valence-corrected chi connectivity index (χ3v) is 5.61. The van der Waals surface area contributed by atoms with Gasteiger partial charge in [-0.05, 0) is 18.2 Å². The fourth-order valence-electron chi connectivity index (χ4n) is 3.94. The number of aromatic nitrogens is 1. The van der Waals surface area contributed by atoms with Gasteiger partial charge >= 0.3 is 6.09 Å². The lowest BCUT2D eigenvalue weighted by Crippen LogP contribution is -2.47. The summed E-state index contributed by atoms with van der Waals surface area (Å²) in [7, 11) is 0. The van der Waals surface area contributed by atoms with Crippen molar-refractivity contribution in [1.82, 2.24) is 10.3 Å². The van der Waals surface area contributed by atoms with E-state index in [1.165, 1.54) is 24.0 Å². The molecule has 3 heterocycles. The lowest BCUT2D eigenvalue weighted by atomic mass is 10.2. The van der Waals surface area contributed by atoms with Crippen molar-refractivity contribution in [2.24, 2.45) is 0 Å². The van der Waals surface area contributed by atoms with Crippen molar-refractivity contribution in [2.45, 2.75) is 13.0 Å². The van der Waals surface area contributed by atoms with Crippen LogP contribution in [0.4, 0.5) is 43.8 Å². The van der Waals surface area contributed by atoms with Crippen molar-refractivity contribution in [1.29, 1.82) is 0 Å². The van der Waals surface area contributed by atoms with Gasteiger partial charge in [0, 0.05) is 33.1 Å². The van der Waals surface area contributed by atoms with Gasteiger partial charge in [-0.15, -0.1) is 0 Å². The molecule has 34 heavy (non-hydrogen) atoms. The maximum absolute atomic E-state index is 14.9. The van der Waals surface area contributed by atoms with Gasteiger partial charge in [0.15, 0.2) is 0 Å². The Morgan fingerprint density at radius 2 is 1.68 bits per heavy atom. The molecule has 2 fully saturated rings. The first-order chi connectivity index (χ1) is 16.2. The number of ether oxygens (including phenoxy) is 1. The topological polar surface area (TPSA) is 78.0 Å². The van der Waals surface area contributed by atoms with Crippen molar-refractivity contribution >= 4 is 29.1 Å². The van der Waals surface area contributed by atoms with Gasteiger partial charge in [0.25, 0.3) is 11.9 Å². The fourth-order valence-corrected chi connectivity index (χ4v) is 3.94. The first-order valence-corrected chi connectivity index (χ1v) is 10.4. The molecule has 1 atom stereocenters. The highest BCUT2D eigenvalue weighted by atomic mass is 19.2. The Hall–Kier alpha value is -3.64. The van der Waals surface area contributed by atoms with E-state index in [0.29, 0.717) is 0 Å². The maximum atomic E-state index is 14.9. The number of pyridine rings is 1. The molecule has 13 heteroatoms. The number of halogens is 5. The van der Waals surface area contributed by atoms with E-state index in [-0.39, 0.29) is 56.6 Å². The number of rotatable bonds is 5. The molecule has 0 spiro atoms. The molecule has 182 valence electrons. The molecular formula is C21H20F5N5O3. The van der Waals surface area contributed by atoms with Crippen LogP contribution < -0.4 is 20.0 Å². The van der Waals surface area contributed by atoms with E-state index < -0.39 is 47.2 Å². The van der Waals surface area contributed by atoms with Gasteiger partial charge in [-0.3, -0.25) is 9.69 Å². The highest BCUT2D eigenvalue weighted by molar-refractivity contribution is 5.90. The van der Waals surface area contributed by atoms with Gasteiger partial charge in [-0.2, -0.15) is 22.5 Å². The lowest BCUT2D eigenvalue weighted by Gasteiger charge is -2.37. The average Bonchev–Trinajstić information content (AvgIpc) is 3.17. The van der Waals surface area contributed by atoms with Crippen molar-refractivity contribution in [3.05, 3.63) is 47.5 Å². The molecule has 0 unspecified atom stereocenters. The molecule has 8 nitrogen and oxygen atoms in total. The Morgan fingerprint density at radius 1 is 1.06 bits per heavy atom. The Balaban J connectivity index is 1.43. The first-order valence-electron chi connectivity index (χ1n) is 10.4. The number of nitrogens with one attached hydrogen (secondary N) is 1. The number of carbonyl (C=O) groups excluding carboxylic acids is 2. The number of carbonyl (C=O) groups is 2. The van der Waals surface area contributed by atoms with Gasteiger partial charge in [0.2, 0.25) is 17.5 Å². The van der Waals surface area contributed by atoms with Crippen LogP contribution in [0.3, 0.4) is 0 Å². The predicted octanol–water partition coefficient (Wildman–Crippen LogP) is 2.57. The second-order valence-electron chi connectivity index (χ2n) is 7.83. The maximum Gasteiger partial charge on any atom is 0.414 e. The molecule has 1 aromatic heterocycles. The fraction of sp³-hybridized carbons (Fsp3) is 0.381. The molecular weight excluding hydrogens is 465 g/mol. The number of piperazine rings is 1. The molecule has 4 rings (SSSR count). The predicted molar refractivity (Wildman–Crippen MR) is 111 cm³/mol. The van der Waals surface area contributed by atoms with E-state index in [0.717, 1.165) is 11.0 Å². The largest absolute Gasteiger partial charge is 0.442 e. The molecule has 0 bridgehead atoms. The zero-order valence-corrected chi connectivity index (χ0v) is 18.0. The third-order valence-electron chi connectivity index (χ3n) is 5.61. The van der Waals surface area contributed by atoms with Crippen LogP contribution in [-0.2, 0) is 9.53 Å². The summed E-state index contributed by atoms with van der Waals surface area (Å²) in [6, 6.07) is 4.15. The van der Waals surface area contributed by atoms with Crippen molar-refractivity contribution < 1.29 is 36.3 Å². The van der Waals surface area contributed by atoms with Crippen LogP contribution in [0.5, 0.6) is 0 Å². The molecule has 1 N–H and O–H groups in total. The van der Waals surface area contributed by atoms with Crippen LogP contribution in [0.25, 0.3) is 0 Å². The normalized spacial score (nSPS) is 18.4. The van der Waals surface area contributed by atoms with Crippen LogP contribution in [0.15, 0.2) is 18.2 Å². The molecule has 2 aromatic rings. The molecule has 2 aliphatic rings. The van der Waals surface area contributed by atoms with E-state index in [2.05, 4.69) is 10.3 Å². The molecule has 0 radical (unpaired) electrons. The molecule has 0 aliphatic carbocycles. The summed E-state index contributed by atoms with van der Waals surface area (Å²) < 4.78 is 75.0. The van der Waals surface area contributed by atoms with Crippen molar-refractivity contribution in [3.63, 3.8) is 0 Å². The van der Waals surface area contributed by atoms with Gasteiger partial charge in [-0.1, -0.05) is 0 Å². The van der Waals surface area contributed by atoms with Gasteiger partial charge in [0.1, 0.15) is 17.6 Å². The quantitative estimate of drug-likeness (QED) is 0.518. The summed E-state index contributed by atoms with van der Waals surface area (Å²) in [5.74, 6) is -7.55. The monoisotopic (exact) mass is 485 g/mol. The first kappa shape index (κ1) is 23.5. The van der Waals surface area contributed by atoms with Crippen LogP contribution in [0.2, 0.25) is 0 Å². The minimum absolute atomic E-state index is 0.0266. The highest BCUT2D eigenvalue weighted by Crippen LogP contribution is 2.31. The van der Waals surface area contributed by atoms with E-state index in [9.17, 15) is 31.5 Å². The van der Waals surface area contributed by atoms with E-state index in [1.54, 1.807) is 4.90 Å². The van der Waals surface area contributed by atoms with Crippen LogP contribution >= 0.6 is 0 Å². The number of hydrogen-bond acceptors (Lipinski definition) is 6. The number of benzene rings is 1. The summed E-state index contributed by atoms with van der Waals surface area (Å²) in [6.07, 6.45) is -1.24. The second kappa shape index (κ2) is 9.31. The van der Waals surface area contributed by atoms with Crippen molar-refractivity contribution in [3.8, 4) is 0 Å². The average molecular weight is 485 g/mol. The summed E-state index contributed by atoms with van der Waals surface area (Å²) in [5, 5.41) is 2.55. The van der Waals surface area contributed by atoms with Gasteiger partial charge in [0.05, 0.1) is 24.5 Å². The third kappa shape index (κ3) is 4.54. The highest BCUT2D eigenvalue weighted by Gasteiger charge is 2.33. The lowest BCUT2D eigenvalue weighted by molar-refractivity contribution is -0.119. The molecule has 2 amide bonds. The zero-order valence-electron chi connectivity index (χ0n) is 18.0. The molecule has 2 saturated heterocycles.